The third-order valence-corrected chi connectivity index (χ3v) is 8.88. The fourth-order valence-electron chi connectivity index (χ4n) is 5.76. The molecule has 3 aromatic carbocycles. The third kappa shape index (κ3) is 7.36. The zero-order chi connectivity index (χ0) is 34.3. The normalized spacial score (nSPS) is 17.0. The summed E-state index contributed by atoms with van der Waals surface area (Å²) in [5.41, 5.74) is -0.213. The second-order valence-electron chi connectivity index (χ2n) is 12.0. The van der Waals surface area contributed by atoms with Crippen LogP contribution in [0.2, 0.25) is 5.02 Å². The van der Waals surface area contributed by atoms with Gasteiger partial charge in [-0.1, -0.05) is 24.6 Å². The van der Waals surface area contributed by atoms with Gasteiger partial charge >= 0.3 is 0 Å². The number of rotatable bonds is 8. The summed E-state index contributed by atoms with van der Waals surface area (Å²) in [6.45, 7) is 5.53. The first kappa shape index (κ1) is 34.1. The van der Waals surface area contributed by atoms with E-state index in [0.717, 1.165) is 24.5 Å². The zero-order valence-corrected chi connectivity index (χ0v) is 27.8. The lowest BCUT2D eigenvalue weighted by Crippen LogP contribution is -2.58. The number of sulfonamides is 1. The van der Waals surface area contributed by atoms with Gasteiger partial charge in [0.05, 0.1) is 17.5 Å². The van der Waals surface area contributed by atoms with Gasteiger partial charge < -0.3 is 19.3 Å². The molecule has 0 bridgehead atoms. The number of hydrogen-bond acceptors (Lipinski definition) is 7. The van der Waals surface area contributed by atoms with E-state index in [1.54, 1.807) is 43.9 Å². The van der Waals surface area contributed by atoms with Crippen LogP contribution < -0.4 is 19.1 Å². The van der Waals surface area contributed by atoms with E-state index in [-0.39, 0.29) is 53.9 Å². The van der Waals surface area contributed by atoms with Gasteiger partial charge in [-0.15, -0.1) is 0 Å². The molecular weight excluding hydrogens is 656 g/mol. The van der Waals surface area contributed by atoms with E-state index >= 15 is 4.39 Å². The summed E-state index contributed by atoms with van der Waals surface area (Å²) in [5.74, 6) is -2.75. The summed E-state index contributed by atoms with van der Waals surface area (Å²) in [5, 5.41) is 0.457. The summed E-state index contributed by atoms with van der Waals surface area (Å²) in [6.07, 6.45) is 0.499. The first-order chi connectivity index (χ1) is 22.1. The number of hydrogen-bond donors (Lipinski definition) is 1. The maximum absolute atomic E-state index is 15.5. The summed E-state index contributed by atoms with van der Waals surface area (Å²) in [7, 11) is -3.87. The van der Waals surface area contributed by atoms with E-state index in [4.69, 9.17) is 21.1 Å². The molecule has 0 aromatic heterocycles. The monoisotopic (exact) mass is 689 g/mol. The molecule has 0 spiro atoms. The van der Waals surface area contributed by atoms with E-state index in [1.807, 2.05) is 4.72 Å². The highest BCUT2D eigenvalue weighted by atomic mass is 35.5. The quantitative estimate of drug-likeness (QED) is 0.340. The molecule has 14 heteroatoms. The average Bonchev–Trinajstić information content (AvgIpc) is 3.00. The fourth-order valence-corrected chi connectivity index (χ4v) is 6.42. The number of amides is 3. The highest BCUT2D eigenvalue weighted by Crippen LogP contribution is 2.42. The Balaban J connectivity index is 1.32. The Morgan fingerprint density at radius 2 is 1.79 bits per heavy atom. The standard InChI is InChI=1S/C33H34ClF2N3O7S/c1-5-27(30(40)37-47(4,43)44)45-29-18-21(35)8-10-23(29)19-6-9-24(25(36)16-19)31(41)38-14-12-22(13-15-38)39-26-17-20(34)7-11-28(26)46-33(2,3)32(39)42/h6-11,16-18,22,27H,5,12-15H2,1-4H3,(H,37,40)/t27-/m1/s1. The van der Waals surface area contributed by atoms with Crippen LogP contribution in [-0.4, -0.2) is 68.1 Å². The van der Waals surface area contributed by atoms with Gasteiger partial charge in [0.1, 0.15) is 23.1 Å². The van der Waals surface area contributed by atoms with Crippen LogP contribution in [0.5, 0.6) is 11.5 Å². The van der Waals surface area contributed by atoms with Crippen molar-refractivity contribution in [1.82, 2.24) is 9.62 Å². The van der Waals surface area contributed by atoms with Gasteiger partial charge in [0.15, 0.2) is 11.7 Å². The maximum atomic E-state index is 15.5. The summed E-state index contributed by atoms with van der Waals surface area (Å²) in [6, 6.07) is 12.3. The van der Waals surface area contributed by atoms with Crippen LogP contribution in [0.15, 0.2) is 54.6 Å². The van der Waals surface area contributed by atoms with Gasteiger partial charge in [0, 0.05) is 35.8 Å². The van der Waals surface area contributed by atoms with Crippen molar-refractivity contribution < 1.29 is 41.1 Å². The molecule has 1 N–H and O–H groups in total. The van der Waals surface area contributed by atoms with Gasteiger partial charge in [-0.25, -0.2) is 17.2 Å². The van der Waals surface area contributed by atoms with Crippen LogP contribution in [0, 0.1) is 11.6 Å². The SMILES string of the molecule is CC[C@@H](Oc1cc(F)ccc1-c1ccc(C(=O)N2CCC(N3C(=O)C(C)(C)Oc4ccc(Cl)cc43)CC2)c(F)c1)C(=O)NS(C)(=O)=O. The molecule has 10 nitrogen and oxygen atoms in total. The number of carbonyl (C=O) groups is 3. The molecule has 5 rings (SSSR count). The Labute approximate surface area is 276 Å². The van der Waals surface area contributed by atoms with Crippen LogP contribution >= 0.6 is 11.6 Å². The summed E-state index contributed by atoms with van der Waals surface area (Å²) < 4.78 is 66.3. The minimum absolute atomic E-state index is 0.0630. The number of benzene rings is 3. The van der Waals surface area contributed by atoms with Crippen molar-refractivity contribution in [2.75, 3.05) is 24.2 Å². The van der Waals surface area contributed by atoms with Crippen LogP contribution in [0.4, 0.5) is 14.5 Å². The number of anilines is 1. The summed E-state index contributed by atoms with van der Waals surface area (Å²) in [4.78, 5) is 42.5. The summed E-state index contributed by atoms with van der Waals surface area (Å²) >= 11 is 6.23. The Morgan fingerprint density at radius 1 is 1.09 bits per heavy atom. The smallest absolute Gasteiger partial charge is 0.274 e. The average molecular weight is 690 g/mol. The minimum Gasteiger partial charge on any atom is -0.480 e. The number of carbonyl (C=O) groups excluding carboxylic acids is 3. The van der Waals surface area contributed by atoms with Gasteiger partial charge in [-0.2, -0.15) is 0 Å². The number of fused-ring (bicyclic) bond motifs is 1. The Hall–Kier alpha value is -4.23. The number of halogens is 3. The first-order valence-corrected chi connectivity index (χ1v) is 17.2. The van der Waals surface area contributed by atoms with Crippen LogP contribution in [0.1, 0.15) is 50.4 Å². The van der Waals surface area contributed by atoms with Gasteiger partial charge in [-0.05, 0) is 81.1 Å². The van der Waals surface area contributed by atoms with Crippen molar-refractivity contribution in [3.05, 3.63) is 76.8 Å². The van der Waals surface area contributed by atoms with Crippen LogP contribution in [0.3, 0.4) is 0 Å². The predicted octanol–water partition coefficient (Wildman–Crippen LogP) is 5.33. The van der Waals surface area contributed by atoms with Crippen molar-refractivity contribution >= 4 is 45.0 Å². The third-order valence-electron chi connectivity index (χ3n) is 8.07. The number of ether oxygens (including phenoxy) is 2. The zero-order valence-electron chi connectivity index (χ0n) is 26.2. The molecule has 3 amide bonds. The second kappa shape index (κ2) is 13.1. The molecular formula is C33H34ClF2N3O7S. The molecule has 3 aromatic rings. The predicted molar refractivity (Wildman–Crippen MR) is 172 cm³/mol. The fraction of sp³-hybridized carbons (Fsp3) is 0.364. The number of likely N-dealkylation sites (tertiary alicyclic amines) is 1. The highest BCUT2D eigenvalue weighted by molar-refractivity contribution is 7.89. The molecule has 0 aliphatic carbocycles. The number of nitrogens with one attached hydrogen (secondary N) is 1. The van der Waals surface area contributed by atoms with E-state index < -0.39 is 45.2 Å². The maximum Gasteiger partial charge on any atom is 0.274 e. The highest BCUT2D eigenvalue weighted by Gasteiger charge is 2.44. The number of nitrogens with zero attached hydrogens (tertiary/aromatic N) is 2. The van der Waals surface area contributed by atoms with E-state index in [0.29, 0.717) is 29.3 Å². The minimum atomic E-state index is -3.87. The first-order valence-electron chi connectivity index (χ1n) is 15.0. The van der Waals surface area contributed by atoms with E-state index in [2.05, 4.69) is 0 Å². The largest absolute Gasteiger partial charge is 0.480 e. The van der Waals surface area contributed by atoms with E-state index in [1.165, 1.54) is 23.1 Å². The Bertz CT molecular complexity index is 1850. The Kier molecular flexibility index (Phi) is 9.52. The van der Waals surface area contributed by atoms with Crippen LogP contribution in [-0.2, 0) is 19.6 Å². The lowest BCUT2D eigenvalue weighted by molar-refractivity contribution is -0.133. The molecule has 2 heterocycles. The number of piperidine rings is 1. The van der Waals surface area contributed by atoms with Crippen molar-refractivity contribution in [3.63, 3.8) is 0 Å². The Morgan fingerprint density at radius 3 is 2.43 bits per heavy atom. The van der Waals surface area contributed by atoms with Crippen molar-refractivity contribution in [3.8, 4) is 22.6 Å². The molecule has 250 valence electrons. The molecule has 1 fully saturated rings. The molecule has 0 radical (unpaired) electrons. The molecule has 1 saturated heterocycles. The van der Waals surface area contributed by atoms with Gasteiger partial charge in [0.25, 0.3) is 17.7 Å². The van der Waals surface area contributed by atoms with E-state index in [9.17, 15) is 27.2 Å². The molecule has 2 aliphatic rings. The van der Waals surface area contributed by atoms with Crippen molar-refractivity contribution in [1.29, 1.82) is 0 Å². The second-order valence-corrected chi connectivity index (χ2v) is 14.2. The molecule has 0 unspecified atom stereocenters. The molecule has 47 heavy (non-hydrogen) atoms. The lowest BCUT2D eigenvalue weighted by atomic mass is 9.96. The molecule has 2 aliphatic heterocycles. The van der Waals surface area contributed by atoms with Crippen molar-refractivity contribution in [2.24, 2.45) is 0 Å². The topological polar surface area (TPSA) is 122 Å². The van der Waals surface area contributed by atoms with Crippen LogP contribution in [0.25, 0.3) is 11.1 Å². The lowest BCUT2D eigenvalue weighted by Gasteiger charge is -2.45. The van der Waals surface area contributed by atoms with Crippen molar-refractivity contribution in [2.45, 2.75) is 57.8 Å². The van der Waals surface area contributed by atoms with Gasteiger partial charge in [0.2, 0.25) is 10.0 Å². The molecule has 0 saturated carbocycles. The van der Waals surface area contributed by atoms with Gasteiger partial charge in [-0.3, -0.25) is 19.1 Å². The molecule has 1 atom stereocenters.